The van der Waals surface area contributed by atoms with E-state index in [1.54, 1.807) is 43.7 Å². The quantitative estimate of drug-likeness (QED) is 0.579. The van der Waals surface area contributed by atoms with Gasteiger partial charge in [-0.1, -0.05) is 18.2 Å². The third-order valence-electron chi connectivity index (χ3n) is 5.58. The molecule has 2 heterocycles. The summed E-state index contributed by atoms with van der Waals surface area (Å²) in [7, 11) is -1.92. The van der Waals surface area contributed by atoms with E-state index in [1.165, 1.54) is 0 Å². The summed E-state index contributed by atoms with van der Waals surface area (Å²) < 4.78 is 39.1. The second-order valence-electron chi connectivity index (χ2n) is 7.42. The molecule has 0 unspecified atom stereocenters. The molecule has 7 nitrogen and oxygen atoms in total. The van der Waals surface area contributed by atoms with Gasteiger partial charge in [-0.15, -0.1) is 0 Å². The molecule has 1 aliphatic rings. The molecule has 3 aromatic rings. The molecule has 0 spiro atoms. The predicted molar refractivity (Wildman–Crippen MR) is 120 cm³/mol. The van der Waals surface area contributed by atoms with E-state index >= 15 is 0 Å². The number of anilines is 1. The van der Waals surface area contributed by atoms with Crippen LogP contribution in [0.2, 0.25) is 0 Å². The van der Waals surface area contributed by atoms with Crippen molar-refractivity contribution in [1.29, 1.82) is 0 Å². The Morgan fingerprint density at radius 2 is 1.68 bits per heavy atom. The van der Waals surface area contributed by atoms with Crippen LogP contribution in [0.5, 0.6) is 5.75 Å². The summed E-state index contributed by atoms with van der Waals surface area (Å²) in [5.41, 5.74) is 1.15. The summed E-state index contributed by atoms with van der Waals surface area (Å²) in [5.74, 6) is 1.60. The van der Waals surface area contributed by atoms with E-state index in [1.807, 2.05) is 24.3 Å². The Kier molecular flexibility index (Phi) is 6.60. The van der Waals surface area contributed by atoms with Crippen LogP contribution in [0.25, 0.3) is 0 Å². The van der Waals surface area contributed by atoms with Gasteiger partial charge in [0.15, 0.2) is 0 Å². The van der Waals surface area contributed by atoms with Crippen molar-refractivity contribution in [2.24, 2.45) is 0 Å². The lowest BCUT2D eigenvalue weighted by molar-refractivity contribution is 0.166. The number of sulfonamides is 1. The molecule has 1 saturated heterocycles. The number of furan rings is 1. The maximum Gasteiger partial charge on any atom is 0.240 e. The maximum atomic E-state index is 12.7. The Bertz CT molecular complexity index is 1050. The van der Waals surface area contributed by atoms with Gasteiger partial charge < -0.3 is 14.1 Å². The summed E-state index contributed by atoms with van der Waals surface area (Å²) in [6.45, 7) is 3.52. The standard InChI is InChI=1S/C23H27N3O4S/c1-29-20-11-9-19(10-12-20)25-13-15-26(16-14-25)22(23-8-5-17-30-23)18-24-31(27,28)21-6-3-2-4-7-21/h2-12,17,22,24H,13-16,18H2,1H3/t22-/m1/s1. The summed E-state index contributed by atoms with van der Waals surface area (Å²) in [5, 5.41) is 0. The third kappa shape index (κ3) is 5.10. The molecule has 0 radical (unpaired) electrons. The van der Waals surface area contributed by atoms with Gasteiger partial charge in [0.05, 0.1) is 24.3 Å². The average Bonchev–Trinajstić information content (AvgIpc) is 3.35. The van der Waals surface area contributed by atoms with Crippen LogP contribution in [0, 0.1) is 0 Å². The first kappa shape index (κ1) is 21.4. The van der Waals surface area contributed by atoms with E-state index in [-0.39, 0.29) is 17.5 Å². The molecule has 8 heteroatoms. The van der Waals surface area contributed by atoms with E-state index in [2.05, 4.69) is 26.7 Å². The lowest BCUT2D eigenvalue weighted by atomic mass is 10.1. The largest absolute Gasteiger partial charge is 0.497 e. The number of benzene rings is 2. The highest BCUT2D eigenvalue weighted by Crippen LogP contribution is 2.26. The van der Waals surface area contributed by atoms with Gasteiger partial charge in [0.25, 0.3) is 0 Å². The number of ether oxygens (including phenoxy) is 1. The highest BCUT2D eigenvalue weighted by atomic mass is 32.2. The normalized spacial score (nSPS) is 16.2. The molecule has 164 valence electrons. The van der Waals surface area contributed by atoms with Crippen molar-refractivity contribution >= 4 is 15.7 Å². The summed E-state index contributed by atoms with van der Waals surface area (Å²) >= 11 is 0. The molecule has 0 saturated carbocycles. The van der Waals surface area contributed by atoms with Gasteiger partial charge >= 0.3 is 0 Å². The molecule has 1 N–H and O–H groups in total. The van der Waals surface area contributed by atoms with Crippen LogP contribution in [0.4, 0.5) is 5.69 Å². The first-order valence-electron chi connectivity index (χ1n) is 10.3. The van der Waals surface area contributed by atoms with Crippen LogP contribution < -0.4 is 14.4 Å². The van der Waals surface area contributed by atoms with E-state index in [0.29, 0.717) is 0 Å². The minimum absolute atomic E-state index is 0.175. The second-order valence-corrected chi connectivity index (χ2v) is 9.18. The molecule has 0 bridgehead atoms. The van der Waals surface area contributed by atoms with E-state index in [0.717, 1.165) is 43.4 Å². The average molecular weight is 442 g/mol. The van der Waals surface area contributed by atoms with Crippen LogP contribution in [0.1, 0.15) is 11.8 Å². The molecular formula is C23H27N3O4S. The molecule has 1 aliphatic heterocycles. The molecule has 0 amide bonds. The Balaban J connectivity index is 1.43. The van der Waals surface area contributed by atoms with Gasteiger partial charge in [0, 0.05) is 38.4 Å². The van der Waals surface area contributed by atoms with Crippen molar-refractivity contribution in [3.8, 4) is 5.75 Å². The van der Waals surface area contributed by atoms with Gasteiger partial charge in [-0.2, -0.15) is 0 Å². The minimum atomic E-state index is -3.59. The van der Waals surface area contributed by atoms with Gasteiger partial charge in [-0.3, -0.25) is 4.90 Å². The predicted octanol–water partition coefficient (Wildman–Crippen LogP) is 3.13. The first-order chi connectivity index (χ1) is 15.1. The molecule has 0 aliphatic carbocycles. The van der Waals surface area contributed by atoms with Crippen LogP contribution in [-0.4, -0.2) is 53.2 Å². The smallest absolute Gasteiger partial charge is 0.240 e. The number of nitrogens with zero attached hydrogens (tertiary/aromatic N) is 2. The minimum Gasteiger partial charge on any atom is -0.497 e. The van der Waals surface area contributed by atoms with Gasteiger partial charge in [-0.05, 0) is 48.5 Å². The number of nitrogens with one attached hydrogen (secondary N) is 1. The monoisotopic (exact) mass is 441 g/mol. The zero-order chi connectivity index (χ0) is 21.7. The molecule has 1 fully saturated rings. The second kappa shape index (κ2) is 9.55. The van der Waals surface area contributed by atoms with Gasteiger partial charge in [0.2, 0.25) is 10.0 Å². The maximum absolute atomic E-state index is 12.7. The van der Waals surface area contributed by atoms with E-state index in [4.69, 9.17) is 9.15 Å². The number of rotatable bonds is 8. The van der Waals surface area contributed by atoms with Crippen molar-refractivity contribution in [1.82, 2.24) is 9.62 Å². The Hall–Kier alpha value is -2.81. The first-order valence-corrected chi connectivity index (χ1v) is 11.8. The van der Waals surface area contributed by atoms with Crippen molar-refractivity contribution in [3.05, 3.63) is 78.8 Å². The Labute approximate surface area is 183 Å². The van der Waals surface area contributed by atoms with Crippen LogP contribution in [0.3, 0.4) is 0 Å². The lowest BCUT2D eigenvalue weighted by Crippen LogP contribution is -2.49. The van der Waals surface area contributed by atoms with Crippen LogP contribution >= 0.6 is 0 Å². The molecule has 1 aromatic heterocycles. The highest BCUT2D eigenvalue weighted by Gasteiger charge is 2.28. The third-order valence-corrected chi connectivity index (χ3v) is 7.02. The Morgan fingerprint density at radius 1 is 0.968 bits per heavy atom. The molecule has 4 rings (SSSR count). The van der Waals surface area contributed by atoms with Gasteiger partial charge in [-0.25, -0.2) is 13.1 Å². The number of hydrogen-bond acceptors (Lipinski definition) is 6. The lowest BCUT2D eigenvalue weighted by Gasteiger charge is -2.39. The fraction of sp³-hybridized carbons (Fsp3) is 0.304. The van der Waals surface area contributed by atoms with Crippen molar-refractivity contribution in [2.75, 3.05) is 44.7 Å². The Morgan fingerprint density at radius 3 is 2.29 bits per heavy atom. The molecule has 2 aromatic carbocycles. The van der Waals surface area contributed by atoms with E-state index < -0.39 is 10.0 Å². The van der Waals surface area contributed by atoms with Crippen LogP contribution in [-0.2, 0) is 10.0 Å². The molecule has 1 atom stereocenters. The van der Waals surface area contributed by atoms with Crippen molar-refractivity contribution < 1.29 is 17.6 Å². The summed E-state index contributed by atoms with van der Waals surface area (Å²) in [4.78, 5) is 4.85. The van der Waals surface area contributed by atoms with Gasteiger partial charge in [0.1, 0.15) is 11.5 Å². The van der Waals surface area contributed by atoms with Crippen LogP contribution in [0.15, 0.2) is 82.3 Å². The number of piperazine rings is 1. The van der Waals surface area contributed by atoms with Crippen molar-refractivity contribution in [2.45, 2.75) is 10.9 Å². The highest BCUT2D eigenvalue weighted by molar-refractivity contribution is 7.89. The van der Waals surface area contributed by atoms with Crippen molar-refractivity contribution in [3.63, 3.8) is 0 Å². The molecule has 31 heavy (non-hydrogen) atoms. The summed E-state index contributed by atoms with van der Waals surface area (Å²) in [6.07, 6.45) is 1.63. The number of methoxy groups -OCH3 is 1. The fourth-order valence-corrected chi connectivity index (χ4v) is 4.91. The molecular weight excluding hydrogens is 414 g/mol. The topological polar surface area (TPSA) is 75.0 Å². The fourth-order valence-electron chi connectivity index (χ4n) is 3.85. The zero-order valence-electron chi connectivity index (χ0n) is 17.5. The van der Waals surface area contributed by atoms with E-state index in [9.17, 15) is 8.42 Å². The SMILES string of the molecule is COc1ccc(N2CCN([C@H](CNS(=O)(=O)c3ccccc3)c3ccco3)CC2)cc1. The number of hydrogen-bond donors (Lipinski definition) is 1. The zero-order valence-corrected chi connectivity index (χ0v) is 18.3. The summed E-state index contributed by atoms with van der Waals surface area (Å²) in [6, 6.07) is 20.0.